The van der Waals surface area contributed by atoms with E-state index < -0.39 is 0 Å². The first-order valence-corrected chi connectivity index (χ1v) is 8.26. The van der Waals surface area contributed by atoms with Gasteiger partial charge in [-0.1, -0.05) is 55.8 Å². The SMILES string of the molecule is CC(C)CNc1nc(-c2ccccc2)c(Cl)n2cc(Br)nc12. The van der Waals surface area contributed by atoms with E-state index in [1.54, 1.807) is 0 Å². The summed E-state index contributed by atoms with van der Waals surface area (Å²) in [6.07, 6.45) is 1.85. The Morgan fingerprint density at radius 2 is 1.95 bits per heavy atom. The van der Waals surface area contributed by atoms with Gasteiger partial charge in [-0.3, -0.25) is 4.40 Å². The molecule has 0 atom stereocenters. The summed E-state index contributed by atoms with van der Waals surface area (Å²) >= 11 is 9.94. The number of halogens is 2. The first-order chi connectivity index (χ1) is 10.6. The Bertz CT molecular complexity index is 799. The van der Waals surface area contributed by atoms with Crippen molar-refractivity contribution in [3.63, 3.8) is 0 Å². The minimum absolute atomic E-state index is 0.510. The molecule has 0 spiro atoms. The number of aromatic nitrogens is 3. The second kappa shape index (κ2) is 6.26. The lowest BCUT2D eigenvalue weighted by Gasteiger charge is -2.13. The average Bonchev–Trinajstić information content (AvgIpc) is 2.90. The molecule has 0 fully saturated rings. The molecule has 114 valence electrons. The van der Waals surface area contributed by atoms with Crippen molar-refractivity contribution in [1.82, 2.24) is 14.4 Å². The maximum Gasteiger partial charge on any atom is 0.182 e. The number of imidazole rings is 1. The molecule has 0 saturated carbocycles. The van der Waals surface area contributed by atoms with Crippen molar-refractivity contribution in [2.45, 2.75) is 13.8 Å². The molecule has 6 heteroatoms. The van der Waals surface area contributed by atoms with E-state index in [-0.39, 0.29) is 0 Å². The summed E-state index contributed by atoms with van der Waals surface area (Å²) in [6, 6.07) is 9.92. The third-order valence-corrected chi connectivity index (χ3v) is 3.99. The van der Waals surface area contributed by atoms with Gasteiger partial charge in [0.05, 0.1) is 0 Å². The number of hydrogen-bond donors (Lipinski definition) is 1. The van der Waals surface area contributed by atoms with Gasteiger partial charge < -0.3 is 5.32 Å². The summed E-state index contributed by atoms with van der Waals surface area (Å²) in [5.41, 5.74) is 2.44. The van der Waals surface area contributed by atoms with Crippen molar-refractivity contribution in [3.05, 3.63) is 46.3 Å². The highest BCUT2D eigenvalue weighted by Gasteiger charge is 2.16. The van der Waals surface area contributed by atoms with E-state index in [1.807, 2.05) is 40.9 Å². The Hall–Kier alpha value is -1.59. The molecule has 0 amide bonds. The minimum Gasteiger partial charge on any atom is -0.367 e. The third-order valence-electron chi connectivity index (χ3n) is 3.24. The zero-order valence-electron chi connectivity index (χ0n) is 12.3. The van der Waals surface area contributed by atoms with E-state index in [0.29, 0.717) is 11.1 Å². The first kappa shape index (κ1) is 15.3. The van der Waals surface area contributed by atoms with Crippen LogP contribution in [-0.2, 0) is 0 Å². The van der Waals surface area contributed by atoms with Gasteiger partial charge in [-0.15, -0.1) is 0 Å². The molecule has 0 aliphatic rings. The molecule has 0 unspecified atom stereocenters. The van der Waals surface area contributed by atoms with Gasteiger partial charge in [-0.2, -0.15) is 0 Å². The van der Waals surface area contributed by atoms with Crippen molar-refractivity contribution in [2.75, 3.05) is 11.9 Å². The van der Waals surface area contributed by atoms with Gasteiger partial charge in [0.15, 0.2) is 11.5 Å². The van der Waals surface area contributed by atoms with E-state index in [4.69, 9.17) is 16.6 Å². The summed E-state index contributed by atoms with van der Waals surface area (Å²) in [5.74, 6) is 1.25. The highest BCUT2D eigenvalue weighted by molar-refractivity contribution is 9.10. The lowest BCUT2D eigenvalue weighted by molar-refractivity contribution is 0.687. The van der Waals surface area contributed by atoms with Crippen LogP contribution in [0.4, 0.5) is 5.82 Å². The second-order valence-electron chi connectivity index (χ2n) is 5.50. The summed E-state index contributed by atoms with van der Waals surface area (Å²) in [6.45, 7) is 5.13. The molecule has 3 rings (SSSR count). The van der Waals surface area contributed by atoms with Crippen LogP contribution >= 0.6 is 27.5 Å². The van der Waals surface area contributed by atoms with Crippen LogP contribution in [0.3, 0.4) is 0 Å². The molecule has 3 aromatic rings. The quantitative estimate of drug-likeness (QED) is 0.702. The van der Waals surface area contributed by atoms with E-state index in [1.165, 1.54) is 0 Å². The Morgan fingerprint density at radius 1 is 1.23 bits per heavy atom. The van der Waals surface area contributed by atoms with Crippen LogP contribution < -0.4 is 5.32 Å². The highest BCUT2D eigenvalue weighted by Crippen LogP contribution is 2.31. The zero-order chi connectivity index (χ0) is 15.7. The van der Waals surface area contributed by atoms with Gasteiger partial charge in [0, 0.05) is 18.3 Å². The molecule has 1 aromatic carbocycles. The number of nitrogens with zero attached hydrogens (tertiary/aromatic N) is 3. The molecule has 0 bridgehead atoms. The average molecular weight is 380 g/mol. The van der Waals surface area contributed by atoms with E-state index in [2.05, 4.69) is 40.1 Å². The lowest BCUT2D eigenvalue weighted by Crippen LogP contribution is -2.11. The van der Waals surface area contributed by atoms with Crippen molar-refractivity contribution in [3.8, 4) is 11.3 Å². The number of hydrogen-bond acceptors (Lipinski definition) is 3. The third kappa shape index (κ3) is 2.96. The molecule has 2 aromatic heterocycles. The Kier molecular flexibility index (Phi) is 4.36. The van der Waals surface area contributed by atoms with Crippen LogP contribution in [0.15, 0.2) is 41.1 Å². The number of fused-ring (bicyclic) bond motifs is 1. The smallest absolute Gasteiger partial charge is 0.182 e. The Labute approximate surface area is 142 Å². The summed E-state index contributed by atoms with van der Waals surface area (Å²) in [7, 11) is 0. The van der Waals surface area contributed by atoms with Gasteiger partial charge in [0.25, 0.3) is 0 Å². The molecule has 0 aliphatic carbocycles. The summed E-state index contributed by atoms with van der Waals surface area (Å²) in [5, 5.41) is 3.91. The monoisotopic (exact) mass is 378 g/mol. The molecule has 0 aliphatic heterocycles. The minimum atomic E-state index is 0.510. The molecular formula is C16H16BrClN4. The summed E-state index contributed by atoms with van der Waals surface area (Å²) < 4.78 is 2.58. The Morgan fingerprint density at radius 3 is 2.64 bits per heavy atom. The predicted molar refractivity (Wildman–Crippen MR) is 94.5 cm³/mol. The fourth-order valence-corrected chi connectivity index (χ4v) is 2.84. The highest BCUT2D eigenvalue weighted by atomic mass is 79.9. The van der Waals surface area contributed by atoms with E-state index >= 15 is 0 Å². The van der Waals surface area contributed by atoms with Crippen LogP contribution in [-0.4, -0.2) is 20.9 Å². The molecule has 0 saturated heterocycles. The molecule has 0 radical (unpaired) electrons. The van der Waals surface area contributed by atoms with Gasteiger partial charge in [0.2, 0.25) is 0 Å². The van der Waals surface area contributed by atoms with Crippen LogP contribution in [0.25, 0.3) is 16.9 Å². The standard InChI is InChI=1S/C16H16BrClN4/c1-10(2)8-19-15-16-20-12(17)9-22(16)14(18)13(21-15)11-6-4-3-5-7-11/h3-7,9-10H,8H2,1-2H3,(H,19,21). The Balaban J connectivity index is 2.18. The van der Waals surface area contributed by atoms with Gasteiger partial charge in [-0.25, -0.2) is 9.97 Å². The van der Waals surface area contributed by atoms with Crippen LogP contribution in [0.5, 0.6) is 0 Å². The maximum atomic E-state index is 6.54. The van der Waals surface area contributed by atoms with Crippen molar-refractivity contribution >= 4 is 39.0 Å². The lowest BCUT2D eigenvalue weighted by atomic mass is 10.1. The largest absolute Gasteiger partial charge is 0.367 e. The zero-order valence-corrected chi connectivity index (χ0v) is 14.7. The van der Waals surface area contributed by atoms with Crippen molar-refractivity contribution in [1.29, 1.82) is 0 Å². The first-order valence-electron chi connectivity index (χ1n) is 7.09. The van der Waals surface area contributed by atoms with Crippen molar-refractivity contribution in [2.24, 2.45) is 5.92 Å². The molecule has 4 nitrogen and oxygen atoms in total. The summed E-state index contributed by atoms with van der Waals surface area (Å²) in [4.78, 5) is 9.17. The molecule has 22 heavy (non-hydrogen) atoms. The molecule has 2 heterocycles. The van der Waals surface area contributed by atoms with E-state index in [0.717, 1.165) is 33.9 Å². The fourth-order valence-electron chi connectivity index (χ4n) is 2.19. The van der Waals surface area contributed by atoms with Gasteiger partial charge in [0.1, 0.15) is 15.5 Å². The predicted octanol–water partition coefficient (Wildman–Crippen LogP) is 4.88. The number of rotatable bonds is 4. The van der Waals surface area contributed by atoms with E-state index in [9.17, 15) is 0 Å². The number of benzene rings is 1. The van der Waals surface area contributed by atoms with Crippen molar-refractivity contribution < 1.29 is 0 Å². The normalized spacial score (nSPS) is 11.3. The topological polar surface area (TPSA) is 42.2 Å². The van der Waals surface area contributed by atoms with Crippen LogP contribution in [0.2, 0.25) is 5.15 Å². The van der Waals surface area contributed by atoms with Crippen LogP contribution in [0, 0.1) is 5.92 Å². The second-order valence-corrected chi connectivity index (χ2v) is 6.67. The number of anilines is 1. The maximum absolute atomic E-state index is 6.54. The molecule has 1 N–H and O–H groups in total. The van der Waals surface area contributed by atoms with Crippen LogP contribution in [0.1, 0.15) is 13.8 Å². The van der Waals surface area contributed by atoms with Gasteiger partial charge >= 0.3 is 0 Å². The van der Waals surface area contributed by atoms with Gasteiger partial charge in [-0.05, 0) is 21.8 Å². The number of nitrogens with one attached hydrogen (secondary N) is 1. The fraction of sp³-hybridized carbons (Fsp3) is 0.250. The molecular weight excluding hydrogens is 364 g/mol.